The van der Waals surface area contributed by atoms with E-state index >= 15 is 0 Å². The smallest absolute Gasteiger partial charge is 0.161 e. The van der Waals surface area contributed by atoms with Gasteiger partial charge < -0.3 is 19.9 Å². The van der Waals surface area contributed by atoms with Crippen molar-refractivity contribution in [2.75, 3.05) is 26.4 Å². The summed E-state index contributed by atoms with van der Waals surface area (Å²) in [5, 5.41) is 13.2. The van der Waals surface area contributed by atoms with Crippen LogP contribution >= 0.6 is 0 Å². The third-order valence-corrected chi connectivity index (χ3v) is 3.60. The molecular weight excluding hydrogens is 254 g/mol. The number of hydrogen-bond acceptors (Lipinski definition) is 4. The Morgan fingerprint density at radius 2 is 1.95 bits per heavy atom. The fourth-order valence-corrected chi connectivity index (χ4v) is 2.19. The fourth-order valence-electron chi connectivity index (χ4n) is 2.19. The van der Waals surface area contributed by atoms with Crippen molar-refractivity contribution < 1.29 is 14.6 Å². The zero-order valence-electron chi connectivity index (χ0n) is 12.6. The molecule has 4 heteroatoms. The Balaban J connectivity index is 2.23. The van der Waals surface area contributed by atoms with Crippen LogP contribution in [0.2, 0.25) is 0 Å². The highest BCUT2D eigenvalue weighted by Crippen LogP contribution is 2.34. The maximum atomic E-state index is 9.78. The number of rotatable bonds is 5. The van der Waals surface area contributed by atoms with Crippen LogP contribution in [0.5, 0.6) is 11.5 Å². The van der Waals surface area contributed by atoms with Crippen LogP contribution in [-0.2, 0) is 5.54 Å². The lowest BCUT2D eigenvalue weighted by molar-refractivity contribution is 0.170. The monoisotopic (exact) mass is 279 g/mol. The molecule has 0 radical (unpaired) electrons. The van der Waals surface area contributed by atoms with E-state index in [0.717, 1.165) is 30.0 Å². The summed E-state index contributed by atoms with van der Waals surface area (Å²) in [5.41, 5.74) is 0.555. The summed E-state index contributed by atoms with van der Waals surface area (Å²) in [7, 11) is 0. The predicted molar refractivity (Wildman–Crippen MR) is 79.3 cm³/mol. The van der Waals surface area contributed by atoms with Crippen molar-refractivity contribution in [3.63, 3.8) is 0 Å². The molecule has 1 aliphatic heterocycles. The van der Waals surface area contributed by atoms with Crippen molar-refractivity contribution in [2.45, 2.75) is 32.7 Å². The quantitative estimate of drug-likeness (QED) is 0.868. The van der Waals surface area contributed by atoms with E-state index in [1.54, 1.807) is 0 Å². The van der Waals surface area contributed by atoms with E-state index in [1.165, 1.54) is 0 Å². The van der Waals surface area contributed by atoms with Gasteiger partial charge in [0.15, 0.2) is 11.5 Å². The van der Waals surface area contributed by atoms with Crippen LogP contribution in [0.4, 0.5) is 0 Å². The minimum absolute atomic E-state index is 0.0410. The molecule has 112 valence electrons. The molecule has 0 spiro atoms. The van der Waals surface area contributed by atoms with Crippen molar-refractivity contribution in [3.05, 3.63) is 23.8 Å². The minimum Gasteiger partial charge on any atom is -0.490 e. The van der Waals surface area contributed by atoms with E-state index in [0.29, 0.717) is 19.1 Å². The van der Waals surface area contributed by atoms with E-state index in [9.17, 15) is 5.11 Å². The summed E-state index contributed by atoms with van der Waals surface area (Å²) in [6.07, 6.45) is 0.896. The third-order valence-electron chi connectivity index (χ3n) is 3.60. The van der Waals surface area contributed by atoms with Gasteiger partial charge in [0.05, 0.1) is 25.4 Å². The molecule has 2 rings (SSSR count). The molecule has 0 saturated carbocycles. The normalized spacial score (nSPS) is 17.6. The molecule has 0 fully saturated rings. The van der Waals surface area contributed by atoms with Crippen molar-refractivity contribution in [3.8, 4) is 11.5 Å². The Bertz CT molecular complexity index is 447. The maximum Gasteiger partial charge on any atom is 0.161 e. The molecule has 20 heavy (non-hydrogen) atoms. The topological polar surface area (TPSA) is 50.7 Å². The van der Waals surface area contributed by atoms with Gasteiger partial charge in [-0.2, -0.15) is 0 Å². The van der Waals surface area contributed by atoms with E-state index in [-0.39, 0.29) is 6.61 Å². The van der Waals surface area contributed by atoms with E-state index in [1.807, 2.05) is 25.1 Å². The van der Waals surface area contributed by atoms with Crippen LogP contribution < -0.4 is 14.8 Å². The molecule has 4 nitrogen and oxygen atoms in total. The zero-order chi connectivity index (χ0) is 14.6. The van der Waals surface area contributed by atoms with Crippen LogP contribution in [0.25, 0.3) is 0 Å². The second kappa shape index (κ2) is 6.46. The van der Waals surface area contributed by atoms with Crippen molar-refractivity contribution in [2.24, 2.45) is 5.92 Å². The Morgan fingerprint density at radius 1 is 1.25 bits per heavy atom. The molecule has 1 unspecified atom stereocenters. The first-order chi connectivity index (χ1) is 9.55. The van der Waals surface area contributed by atoms with Gasteiger partial charge in [0.2, 0.25) is 0 Å². The predicted octanol–water partition coefficient (Wildman–Crippen LogP) is 2.30. The van der Waals surface area contributed by atoms with Gasteiger partial charge in [-0.15, -0.1) is 0 Å². The SMILES string of the molecule is CC(C)CNC(C)(CO)c1ccc2c(c1)OCCCO2. The largest absolute Gasteiger partial charge is 0.490 e. The maximum absolute atomic E-state index is 9.78. The molecule has 0 aromatic heterocycles. The number of hydrogen-bond donors (Lipinski definition) is 2. The van der Waals surface area contributed by atoms with Crippen molar-refractivity contribution in [1.82, 2.24) is 5.32 Å². The Morgan fingerprint density at radius 3 is 2.60 bits per heavy atom. The summed E-state index contributed by atoms with van der Waals surface area (Å²) in [6, 6.07) is 5.90. The standard InChI is InChI=1S/C16H25NO3/c1-12(2)10-17-16(3,11-18)13-5-6-14-15(9-13)20-8-4-7-19-14/h5-6,9,12,17-18H,4,7-8,10-11H2,1-3H3. The average molecular weight is 279 g/mol. The molecule has 0 saturated heterocycles. The molecule has 1 aromatic rings. The summed E-state index contributed by atoms with van der Waals surface area (Å²) >= 11 is 0. The lowest BCUT2D eigenvalue weighted by Crippen LogP contribution is -2.44. The highest BCUT2D eigenvalue weighted by Gasteiger charge is 2.27. The van der Waals surface area contributed by atoms with Crippen LogP contribution in [0.1, 0.15) is 32.8 Å². The first-order valence-corrected chi connectivity index (χ1v) is 7.31. The molecule has 1 aromatic carbocycles. The second-order valence-corrected chi connectivity index (χ2v) is 5.98. The lowest BCUT2D eigenvalue weighted by atomic mass is 9.92. The van der Waals surface area contributed by atoms with Crippen molar-refractivity contribution >= 4 is 0 Å². The van der Waals surface area contributed by atoms with E-state index in [2.05, 4.69) is 19.2 Å². The average Bonchev–Trinajstić information content (AvgIpc) is 2.69. The summed E-state index contributed by atoms with van der Waals surface area (Å²) in [4.78, 5) is 0. The molecule has 0 amide bonds. The lowest BCUT2D eigenvalue weighted by Gasteiger charge is -2.31. The van der Waals surface area contributed by atoms with Gasteiger partial charge in [0.1, 0.15) is 0 Å². The van der Waals surface area contributed by atoms with Gasteiger partial charge in [-0.1, -0.05) is 19.9 Å². The second-order valence-electron chi connectivity index (χ2n) is 5.98. The number of ether oxygens (including phenoxy) is 2. The Kier molecular flexibility index (Phi) is 4.89. The molecule has 0 aliphatic carbocycles. The van der Waals surface area contributed by atoms with Gasteiger partial charge in [-0.3, -0.25) is 0 Å². The van der Waals surface area contributed by atoms with Crippen LogP contribution in [0.3, 0.4) is 0 Å². The van der Waals surface area contributed by atoms with E-state index < -0.39 is 5.54 Å². The minimum atomic E-state index is -0.463. The first-order valence-electron chi connectivity index (χ1n) is 7.31. The molecule has 1 aliphatic rings. The molecular formula is C16H25NO3. The van der Waals surface area contributed by atoms with Crippen LogP contribution in [0, 0.1) is 5.92 Å². The van der Waals surface area contributed by atoms with Gasteiger partial charge in [-0.25, -0.2) is 0 Å². The van der Waals surface area contributed by atoms with Gasteiger partial charge in [0, 0.05) is 6.42 Å². The zero-order valence-corrected chi connectivity index (χ0v) is 12.6. The molecule has 0 bridgehead atoms. The Labute approximate surface area is 121 Å². The number of benzene rings is 1. The van der Waals surface area contributed by atoms with Gasteiger partial charge in [-0.05, 0) is 37.1 Å². The third kappa shape index (κ3) is 3.44. The summed E-state index contributed by atoms with van der Waals surface area (Å²) < 4.78 is 11.4. The van der Waals surface area contributed by atoms with Crippen molar-refractivity contribution in [1.29, 1.82) is 0 Å². The molecule has 1 heterocycles. The summed E-state index contributed by atoms with van der Waals surface area (Å²) in [5.74, 6) is 2.09. The first kappa shape index (κ1) is 15.1. The summed E-state index contributed by atoms with van der Waals surface area (Å²) in [6.45, 7) is 8.57. The number of aliphatic hydroxyl groups is 1. The highest BCUT2D eigenvalue weighted by atomic mass is 16.5. The fraction of sp³-hybridized carbons (Fsp3) is 0.625. The van der Waals surface area contributed by atoms with Gasteiger partial charge in [0.25, 0.3) is 0 Å². The van der Waals surface area contributed by atoms with Crippen LogP contribution in [-0.4, -0.2) is 31.5 Å². The highest BCUT2D eigenvalue weighted by molar-refractivity contribution is 5.45. The molecule has 2 N–H and O–H groups in total. The van der Waals surface area contributed by atoms with Gasteiger partial charge >= 0.3 is 0 Å². The Hall–Kier alpha value is -1.26. The number of fused-ring (bicyclic) bond motifs is 1. The van der Waals surface area contributed by atoms with Crippen LogP contribution in [0.15, 0.2) is 18.2 Å². The molecule has 1 atom stereocenters. The number of aliphatic hydroxyl groups excluding tert-OH is 1. The van der Waals surface area contributed by atoms with E-state index in [4.69, 9.17) is 9.47 Å². The number of nitrogens with one attached hydrogen (secondary N) is 1.